The van der Waals surface area contributed by atoms with Crippen molar-refractivity contribution < 1.29 is 4.79 Å². The number of hydrogen-bond donors (Lipinski definition) is 0. The van der Waals surface area contributed by atoms with Gasteiger partial charge in [0.2, 0.25) is 5.91 Å². The van der Waals surface area contributed by atoms with E-state index in [1.54, 1.807) is 0 Å². The molecule has 2 aliphatic heterocycles. The summed E-state index contributed by atoms with van der Waals surface area (Å²) < 4.78 is 0. The van der Waals surface area contributed by atoms with Crippen molar-refractivity contribution >= 4 is 5.91 Å². The standard InChI is InChI=1S/C24H31N3O/c1-2-9-23(28)26-16-14-25(15-17-26)22-18-27(19-22)24(20-10-5-3-6-11-20)21-12-7-4-8-13-21/h3-8,10-13,22,24H,2,9,14-19H2,1H3. The molecule has 0 bridgehead atoms. The Bertz CT molecular complexity index is 710. The van der Waals surface area contributed by atoms with Crippen LogP contribution in [-0.2, 0) is 4.79 Å². The maximum Gasteiger partial charge on any atom is 0.222 e. The Labute approximate surface area is 168 Å². The summed E-state index contributed by atoms with van der Waals surface area (Å²) in [6.07, 6.45) is 1.63. The van der Waals surface area contributed by atoms with Crippen LogP contribution in [0, 0.1) is 0 Å². The molecule has 0 aromatic heterocycles. The third kappa shape index (κ3) is 4.13. The molecule has 0 spiro atoms. The molecule has 0 unspecified atom stereocenters. The maximum atomic E-state index is 12.1. The SMILES string of the molecule is CCCC(=O)N1CCN(C2CN(C(c3ccccc3)c3ccccc3)C2)CC1. The number of amides is 1. The van der Waals surface area contributed by atoms with Crippen molar-refractivity contribution in [2.45, 2.75) is 31.8 Å². The number of piperazine rings is 1. The monoisotopic (exact) mass is 377 g/mol. The summed E-state index contributed by atoms with van der Waals surface area (Å²) in [5, 5.41) is 0. The van der Waals surface area contributed by atoms with Crippen LogP contribution in [0.4, 0.5) is 0 Å². The van der Waals surface area contributed by atoms with E-state index in [0.717, 1.165) is 45.7 Å². The molecule has 0 atom stereocenters. The van der Waals surface area contributed by atoms with Gasteiger partial charge in [0.15, 0.2) is 0 Å². The second-order valence-electron chi connectivity index (χ2n) is 8.00. The second-order valence-corrected chi connectivity index (χ2v) is 8.00. The number of benzene rings is 2. The molecule has 28 heavy (non-hydrogen) atoms. The quantitative estimate of drug-likeness (QED) is 0.772. The molecular formula is C24H31N3O. The van der Waals surface area contributed by atoms with Gasteiger partial charge < -0.3 is 4.90 Å². The Hall–Kier alpha value is -2.17. The summed E-state index contributed by atoms with van der Waals surface area (Å²) in [6, 6.07) is 22.6. The van der Waals surface area contributed by atoms with Crippen molar-refractivity contribution in [2.75, 3.05) is 39.3 Å². The predicted octanol–water partition coefficient (Wildman–Crippen LogP) is 3.40. The molecule has 2 saturated heterocycles. The van der Waals surface area contributed by atoms with Crippen molar-refractivity contribution in [1.82, 2.24) is 14.7 Å². The average Bonchev–Trinajstić information content (AvgIpc) is 2.72. The van der Waals surface area contributed by atoms with E-state index in [9.17, 15) is 4.79 Å². The molecule has 2 aromatic carbocycles. The van der Waals surface area contributed by atoms with Gasteiger partial charge in [-0.2, -0.15) is 0 Å². The first kappa shape index (κ1) is 19.2. The summed E-state index contributed by atoms with van der Waals surface area (Å²) in [5.41, 5.74) is 2.73. The molecule has 0 saturated carbocycles. The van der Waals surface area contributed by atoms with E-state index < -0.39 is 0 Å². The average molecular weight is 378 g/mol. The van der Waals surface area contributed by atoms with Crippen LogP contribution in [0.2, 0.25) is 0 Å². The van der Waals surface area contributed by atoms with Crippen molar-refractivity contribution in [2.24, 2.45) is 0 Å². The molecule has 2 fully saturated rings. The maximum absolute atomic E-state index is 12.1. The molecule has 1 amide bonds. The van der Waals surface area contributed by atoms with E-state index in [-0.39, 0.29) is 0 Å². The Balaban J connectivity index is 1.37. The fraction of sp³-hybridized carbons (Fsp3) is 0.458. The lowest BCUT2D eigenvalue weighted by atomic mass is 9.92. The fourth-order valence-corrected chi connectivity index (χ4v) is 4.52. The zero-order chi connectivity index (χ0) is 19.3. The van der Waals surface area contributed by atoms with Crippen LogP contribution in [0.15, 0.2) is 60.7 Å². The zero-order valence-corrected chi connectivity index (χ0v) is 16.8. The minimum Gasteiger partial charge on any atom is -0.340 e. The summed E-state index contributed by atoms with van der Waals surface area (Å²) >= 11 is 0. The summed E-state index contributed by atoms with van der Waals surface area (Å²) in [7, 11) is 0. The van der Waals surface area contributed by atoms with Gasteiger partial charge in [-0.15, -0.1) is 0 Å². The number of carbonyl (C=O) groups excluding carboxylic acids is 1. The van der Waals surface area contributed by atoms with Gasteiger partial charge >= 0.3 is 0 Å². The van der Waals surface area contributed by atoms with Gasteiger partial charge in [0.25, 0.3) is 0 Å². The van der Waals surface area contributed by atoms with E-state index >= 15 is 0 Å². The molecule has 2 aliphatic rings. The van der Waals surface area contributed by atoms with Crippen molar-refractivity contribution in [3.05, 3.63) is 71.8 Å². The first-order valence-corrected chi connectivity index (χ1v) is 10.6. The van der Waals surface area contributed by atoms with Gasteiger partial charge in [0.05, 0.1) is 6.04 Å². The minimum atomic E-state index is 0.325. The highest BCUT2D eigenvalue weighted by molar-refractivity contribution is 5.76. The zero-order valence-electron chi connectivity index (χ0n) is 16.8. The Morgan fingerprint density at radius 1 is 0.893 bits per heavy atom. The minimum absolute atomic E-state index is 0.325. The van der Waals surface area contributed by atoms with Crippen molar-refractivity contribution in [1.29, 1.82) is 0 Å². The summed E-state index contributed by atoms with van der Waals surface area (Å²) in [4.78, 5) is 19.3. The normalized spacial score (nSPS) is 19.0. The van der Waals surface area contributed by atoms with Crippen LogP contribution in [0.5, 0.6) is 0 Å². The molecule has 4 heteroatoms. The van der Waals surface area contributed by atoms with Gasteiger partial charge in [0, 0.05) is 51.7 Å². The largest absolute Gasteiger partial charge is 0.340 e. The Kier molecular flexibility index (Phi) is 6.08. The molecule has 4 rings (SSSR count). The highest BCUT2D eigenvalue weighted by atomic mass is 16.2. The lowest BCUT2D eigenvalue weighted by Crippen LogP contribution is -2.63. The first-order chi connectivity index (χ1) is 13.8. The Morgan fingerprint density at radius 2 is 1.43 bits per heavy atom. The number of carbonyl (C=O) groups is 1. The van der Waals surface area contributed by atoms with E-state index in [1.165, 1.54) is 11.1 Å². The molecule has 2 aromatic rings. The van der Waals surface area contributed by atoms with Crippen LogP contribution in [0.1, 0.15) is 36.9 Å². The number of nitrogens with zero attached hydrogens (tertiary/aromatic N) is 3. The van der Waals surface area contributed by atoms with Crippen LogP contribution < -0.4 is 0 Å². The fourth-order valence-electron chi connectivity index (χ4n) is 4.52. The van der Waals surface area contributed by atoms with Crippen LogP contribution in [-0.4, -0.2) is 65.9 Å². The van der Waals surface area contributed by atoms with E-state index in [0.29, 0.717) is 24.4 Å². The summed E-state index contributed by atoms with van der Waals surface area (Å²) in [5.74, 6) is 0.325. The van der Waals surface area contributed by atoms with Gasteiger partial charge in [-0.25, -0.2) is 0 Å². The van der Waals surface area contributed by atoms with Crippen LogP contribution in [0.3, 0.4) is 0 Å². The molecule has 0 N–H and O–H groups in total. The first-order valence-electron chi connectivity index (χ1n) is 10.6. The molecule has 2 heterocycles. The van der Waals surface area contributed by atoms with Crippen molar-refractivity contribution in [3.8, 4) is 0 Å². The van der Waals surface area contributed by atoms with Gasteiger partial charge in [0.1, 0.15) is 0 Å². The molecule has 0 radical (unpaired) electrons. The van der Waals surface area contributed by atoms with Crippen molar-refractivity contribution in [3.63, 3.8) is 0 Å². The molecule has 4 nitrogen and oxygen atoms in total. The second kappa shape index (κ2) is 8.89. The highest BCUT2D eigenvalue weighted by Gasteiger charge is 2.38. The number of likely N-dealkylation sites (tertiary alicyclic amines) is 1. The number of rotatable bonds is 6. The van der Waals surface area contributed by atoms with E-state index in [4.69, 9.17) is 0 Å². The summed E-state index contributed by atoms with van der Waals surface area (Å²) in [6.45, 7) is 8.05. The van der Waals surface area contributed by atoms with Crippen LogP contribution in [0.25, 0.3) is 0 Å². The molecular weight excluding hydrogens is 346 g/mol. The van der Waals surface area contributed by atoms with Gasteiger partial charge in [-0.1, -0.05) is 67.6 Å². The van der Waals surface area contributed by atoms with E-state index in [2.05, 4.69) is 77.4 Å². The van der Waals surface area contributed by atoms with Gasteiger partial charge in [-0.05, 0) is 17.5 Å². The van der Waals surface area contributed by atoms with Crippen LogP contribution >= 0.6 is 0 Å². The van der Waals surface area contributed by atoms with E-state index in [1.807, 2.05) is 4.90 Å². The lowest BCUT2D eigenvalue weighted by molar-refractivity contribution is -0.134. The molecule has 148 valence electrons. The molecule has 0 aliphatic carbocycles. The topological polar surface area (TPSA) is 26.8 Å². The third-order valence-corrected chi connectivity index (χ3v) is 6.13. The smallest absolute Gasteiger partial charge is 0.222 e. The predicted molar refractivity (Wildman–Crippen MR) is 113 cm³/mol. The highest BCUT2D eigenvalue weighted by Crippen LogP contribution is 2.33. The van der Waals surface area contributed by atoms with Gasteiger partial charge in [-0.3, -0.25) is 14.6 Å². The Morgan fingerprint density at radius 3 is 1.93 bits per heavy atom. The third-order valence-electron chi connectivity index (χ3n) is 6.13. The number of hydrogen-bond acceptors (Lipinski definition) is 3. The lowest BCUT2D eigenvalue weighted by Gasteiger charge is -2.51.